The van der Waals surface area contributed by atoms with Crippen LogP contribution in [0.3, 0.4) is 0 Å². The van der Waals surface area contributed by atoms with Crippen LogP contribution in [0, 0.1) is 27.7 Å². The van der Waals surface area contributed by atoms with E-state index in [1.165, 1.54) is 0 Å². The molecule has 34 heavy (non-hydrogen) atoms. The molecule has 3 amide bonds. The summed E-state index contributed by atoms with van der Waals surface area (Å²) in [5.74, 6) is -1.44. The second kappa shape index (κ2) is 9.15. The predicted molar refractivity (Wildman–Crippen MR) is 135 cm³/mol. The molecule has 0 aromatic heterocycles. The Morgan fingerprint density at radius 2 is 1.59 bits per heavy atom. The van der Waals surface area contributed by atoms with Crippen molar-refractivity contribution in [2.45, 2.75) is 27.7 Å². The van der Waals surface area contributed by atoms with Crippen molar-refractivity contribution >= 4 is 46.4 Å². The molecule has 0 radical (unpaired) electrons. The number of nitrogens with one attached hydrogen (secondary N) is 2. The molecule has 0 fully saturated rings. The Kier molecular flexibility index (Phi) is 6.26. The van der Waals surface area contributed by atoms with Crippen molar-refractivity contribution in [2.75, 3.05) is 15.5 Å². The first kappa shape index (κ1) is 23.3. The highest BCUT2D eigenvalue weighted by Crippen LogP contribution is 2.31. The molecule has 0 saturated heterocycles. The Labute approximate surface area is 203 Å². The highest BCUT2D eigenvalue weighted by Gasteiger charge is 2.39. The van der Waals surface area contributed by atoms with E-state index in [-0.39, 0.29) is 16.6 Å². The van der Waals surface area contributed by atoms with Gasteiger partial charge < -0.3 is 10.6 Å². The van der Waals surface area contributed by atoms with Gasteiger partial charge in [-0.3, -0.25) is 14.4 Å². The van der Waals surface area contributed by atoms with Crippen LogP contribution in [-0.2, 0) is 9.59 Å². The van der Waals surface area contributed by atoms with Crippen molar-refractivity contribution in [3.63, 3.8) is 0 Å². The van der Waals surface area contributed by atoms with E-state index < -0.39 is 11.8 Å². The van der Waals surface area contributed by atoms with Crippen LogP contribution < -0.4 is 15.5 Å². The lowest BCUT2D eigenvalue weighted by Crippen LogP contribution is -2.32. The number of carbonyl (C=O) groups is 3. The third-order valence-electron chi connectivity index (χ3n) is 5.80. The molecule has 0 spiro atoms. The first-order valence-electron chi connectivity index (χ1n) is 10.8. The molecule has 3 aromatic carbocycles. The van der Waals surface area contributed by atoms with Crippen LogP contribution in [0.2, 0.25) is 0 Å². The number of hydrogen-bond donors (Lipinski definition) is 2. The van der Waals surface area contributed by atoms with Gasteiger partial charge in [0.25, 0.3) is 17.7 Å². The van der Waals surface area contributed by atoms with Crippen LogP contribution >= 0.6 is 11.6 Å². The standard InChI is InChI=1S/C27H24ClN3O3/c1-15-8-11-22(18(4)12-15)30-25(32)19-6-5-7-20(14-19)29-24-23(28)26(33)31(27(24)34)21-10-9-16(2)17(3)13-21/h5-14,29H,1-4H3,(H,30,32). The van der Waals surface area contributed by atoms with E-state index >= 15 is 0 Å². The quantitative estimate of drug-likeness (QED) is 0.472. The molecule has 7 heteroatoms. The lowest BCUT2D eigenvalue weighted by Gasteiger charge is -2.16. The fourth-order valence-electron chi connectivity index (χ4n) is 3.74. The second-order valence-electron chi connectivity index (χ2n) is 8.38. The van der Waals surface area contributed by atoms with Crippen LogP contribution in [-0.4, -0.2) is 17.7 Å². The van der Waals surface area contributed by atoms with Gasteiger partial charge in [-0.2, -0.15) is 0 Å². The van der Waals surface area contributed by atoms with Crippen molar-refractivity contribution < 1.29 is 14.4 Å². The largest absolute Gasteiger partial charge is 0.350 e. The Balaban J connectivity index is 1.55. The molecule has 4 rings (SSSR count). The number of imide groups is 1. The van der Waals surface area contributed by atoms with Crippen LogP contribution in [0.25, 0.3) is 0 Å². The summed E-state index contributed by atoms with van der Waals surface area (Å²) in [5.41, 5.74) is 6.08. The van der Waals surface area contributed by atoms with Gasteiger partial charge in [0.1, 0.15) is 10.7 Å². The maximum Gasteiger partial charge on any atom is 0.283 e. The minimum atomic E-state index is -0.596. The summed E-state index contributed by atoms with van der Waals surface area (Å²) in [5, 5.41) is 5.63. The zero-order chi connectivity index (χ0) is 24.6. The molecular weight excluding hydrogens is 450 g/mol. The SMILES string of the molecule is Cc1ccc(NC(=O)c2cccc(NC3=C(Cl)C(=O)N(c4ccc(C)c(C)c4)C3=O)c2)c(C)c1. The summed E-state index contributed by atoms with van der Waals surface area (Å²) < 4.78 is 0. The topological polar surface area (TPSA) is 78.5 Å². The van der Waals surface area contributed by atoms with E-state index in [1.807, 2.05) is 52.0 Å². The number of hydrogen-bond acceptors (Lipinski definition) is 4. The first-order chi connectivity index (χ1) is 16.2. The molecule has 6 nitrogen and oxygen atoms in total. The summed E-state index contributed by atoms with van der Waals surface area (Å²) in [4.78, 5) is 39.7. The number of anilines is 3. The third kappa shape index (κ3) is 4.45. The highest BCUT2D eigenvalue weighted by atomic mass is 35.5. The van der Waals surface area contributed by atoms with Crippen LogP contribution in [0.15, 0.2) is 71.4 Å². The minimum absolute atomic E-state index is 0.0307. The summed E-state index contributed by atoms with van der Waals surface area (Å²) in [6, 6.07) is 17.8. The first-order valence-corrected chi connectivity index (χ1v) is 11.1. The maximum atomic E-state index is 13.1. The molecule has 0 unspecified atom stereocenters. The lowest BCUT2D eigenvalue weighted by atomic mass is 10.1. The van der Waals surface area contributed by atoms with E-state index in [0.717, 1.165) is 32.8 Å². The number of nitrogens with zero attached hydrogens (tertiary/aromatic N) is 1. The van der Waals surface area contributed by atoms with Crippen LogP contribution in [0.5, 0.6) is 0 Å². The van der Waals surface area contributed by atoms with Gasteiger partial charge in [-0.15, -0.1) is 0 Å². The van der Waals surface area contributed by atoms with Crippen LogP contribution in [0.1, 0.15) is 32.6 Å². The highest BCUT2D eigenvalue weighted by molar-refractivity contribution is 6.53. The van der Waals surface area contributed by atoms with E-state index in [0.29, 0.717) is 16.9 Å². The molecular formula is C27H24ClN3O3. The number of amides is 3. The molecule has 2 N–H and O–H groups in total. The van der Waals surface area contributed by atoms with Gasteiger partial charge in [0.2, 0.25) is 0 Å². The molecule has 0 aliphatic carbocycles. The van der Waals surface area contributed by atoms with Gasteiger partial charge in [0.05, 0.1) is 5.69 Å². The Hall–Kier alpha value is -3.90. The predicted octanol–water partition coefficient (Wildman–Crippen LogP) is 5.61. The van der Waals surface area contributed by atoms with Gasteiger partial charge in [0, 0.05) is 16.9 Å². The number of rotatable bonds is 5. The lowest BCUT2D eigenvalue weighted by molar-refractivity contribution is -0.120. The van der Waals surface area contributed by atoms with E-state index in [9.17, 15) is 14.4 Å². The number of carbonyl (C=O) groups excluding carboxylic acids is 3. The Morgan fingerprint density at radius 1 is 0.824 bits per heavy atom. The van der Waals surface area contributed by atoms with Crippen molar-refractivity contribution in [2.24, 2.45) is 0 Å². The average Bonchev–Trinajstić information content (AvgIpc) is 3.01. The van der Waals surface area contributed by atoms with Crippen molar-refractivity contribution in [3.05, 3.63) is 99.2 Å². The van der Waals surface area contributed by atoms with Gasteiger partial charge in [-0.25, -0.2) is 4.90 Å². The molecule has 1 aliphatic rings. The molecule has 0 saturated carbocycles. The molecule has 172 valence electrons. The fraction of sp³-hybridized carbons (Fsp3) is 0.148. The number of aryl methyl sites for hydroxylation is 4. The fourth-order valence-corrected chi connectivity index (χ4v) is 3.95. The molecule has 1 aliphatic heterocycles. The van der Waals surface area contributed by atoms with Crippen molar-refractivity contribution in [1.29, 1.82) is 0 Å². The monoisotopic (exact) mass is 473 g/mol. The Morgan fingerprint density at radius 3 is 2.29 bits per heavy atom. The van der Waals surface area contributed by atoms with E-state index in [2.05, 4.69) is 10.6 Å². The van der Waals surface area contributed by atoms with Gasteiger partial charge in [0.15, 0.2) is 0 Å². The summed E-state index contributed by atoms with van der Waals surface area (Å²) in [6.07, 6.45) is 0. The van der Waals surface area contributed by atoms with E-state index in [4.69, 9.17) is 11.6 Å². The summed E-state index contributed by atoms with van der Waals surface area (Å²) >= 11 is 6.25. The van der Waals surface area contributed by atoms with E-state index in [1.54, 1.807) is 36.4 Å². The van der Waals surface area contributed by atoms with Crippen LogP contribution in [0.4, 0.5) is 17.1 Å². The maximum absolute atomic E-state index is 13.1. The Bertz CT molecular complexity index is 1380. The summed E-state index contributed by atoms with van der Waals surface area (Å²) in [7, 11) is 0. The number of halogens is 1. The summed E-state index contributed by atoms with van der Waals surface area (Å²) in [6.45, 7) is 7.78. The molecule has 3 aromatic rings. The van der Waals surface area contributed by atoms with Gasteiger partial charge >= 0.3 is 0 Å². The van der Waals surface area contributed by atoms with Gasteiger partial charge in [-0.1, -0.05) is 41.4 Å². The third-order valence-corrected chi connectivity index (χ3v) is 6.15. The average molecular weight is 474 g/mol. The number of benzene rings is 3. The van der Waals surface area contributed by atoms with Crippen molar-refractivity contribution in [1.82, 2.24) is 0 Å². The molecule has 0 bridgehead atoms. The normalized spacial score (nSPS) is 13.5. The smallest absolute Gasteiger partial charge is 0.283 e. The zero-order valence-electron chi connectivity index (χ0n) is 19.3. The van der Waals surface area contributed by atoms with Crippen molar-refractivity contribution in [3.8, 4) is 0 Å². The second-order valence-corrected chi connectivity index (χ2v) is 8.76. The van der Waals surface area contributed by atoms with Gasteiger partial charge in [-0.05, 0) is 80.8 Å². The minimum Gasteiger partial charge on any atom is -0.350 e. The molecule has 0 atom stereocenters. The zero-order valence-corrected chi connectivity index (χ0v) is 20.1. The molecule has 1 heterocycles.